The number of aromatic nitrogens is 1. The first-order chi connectivity index (χ1) is 10.1. The molecular formula is C14H20Cl2IN5. The number of pyridine rings is 1. The topological polar surface area (TPSA) is 52.6 Å². The predicted molar refractivity (Wildman–Crippen MR) is 105 cm³/mol. The van der Waals surface area contributed by atoms with E-state index in [4.69, 9.17) is 23.2 Å². The van der Waals surface area contributed by atoms with Crippen LogP contribution in [0.25, 0.3) is 0 Å². The third-order valence-corrected chi connectivity index (χ3v) is 3.67. The van der Waals surface area contributed by atoms with Crippen molar-refractivity contribution in [3.63, 3.8) is 0 Å². The second-order valence-electron chi connectivity index (χ2n) is 4.83. The summed E-state index contributed by atoms with van der Waals surface area (Å²) in [4.78, 5) is 10.7. The van der Waals surface area contributed by atoms with Crippen LogP contribution in [0.3, 0.4) is 0 Å². The molecule has 1 aliphatic rings. The molecule has 0 amide bonds. The maximum atomic E-state index is 6.18. The maximum absolute atomic E-state index is 6.18. The number of nitrogens with zero attached hydrogens (tertiary/aromatic N) is 3. The fourth-order valence-corrected chi connectivity index (χ4v) is 2.56. The Morgan fingerprint density at radius 3 is 3.00 bits per heavy atom. The molecule has 8 heteroatoms. The van der Waals surface area contributed by atoms with Gasteiger partial charge in [0.15, 0.2) is 5.96 Å². The van der Waals surface area contributed by atoms with E-state index in [1.807, 2.05) is 12.1 Å². The van der Waals surface area contributed by atoms with E-state index in [0.29, 0.717) is 16.6 Å². The summed E-state index contributed by atoms with van der Waals surface area (Å²) < 4.78 is 0. The molecule has 2 rings (SSSR count). The highest BCUT2D eigenvalue weighted by molar-refractivity contribution is 14.0. The Bertz CT molecular complexity index is 538. The summed E-state index contributed by atoms with van der Waals surface area (Å²) >= 11 is 11.9. The monoisotopic (exact) mass is 455 g/mol. The van der Waals surface area contributed by atoms with E-state index < -0.39 is 0 Å². The fraction of sp³-hybridized carbons (Fsp3) is 0.429. The predicted octanol–water partition coefficient (Wildman–Crippen LogP) is 2.85. The Hall–Kier alpha value is -0.730. The molecule has 1 atom stereocenters. The normalized spacial score (nSPS) is 17.9. The largest absolute Gasteiger partial charge is 0.353 e. The van der Waals surface area contributed by atoms with E-state index in [0.717, 1.165) is 31.3 Å². The number of hydrogen-bond donors (Lipinski definition) is 2. The Kier molecular flexibility index (Phi) is 8.27. The molecule has 2 heterocycles. The van der Waals surface area contributed by atoms with Gasteiger partial charge < -0.3 is 15.5 Å². The molecule has 22 heavy (non-hydrogen) atoms. The minimum Gasteiger partial charge on any atom is -0.353 e. The quantitative estimate of drug-likeness (QED) is 0.416. The number of aliphatic imine (C=N–C) groups is 1. The van der Waals surface area contributed by atoms with Crippen LogP contribution in [0.4, 0.5) is 5.82 Å². The van der Waals surface area contributed by atoms with Crippen molar-refractivity contribution in [3.8, 4) is 0 Å². The van der Waals surface area contributed by atoms with E-state index in [1.165, 1.54) is 0 Å². The molecular weight excluding hydrogens is 436 g/mol. The number of anilines is 1. The Morgan fingerprint density at radius 2 is 2.36 bits per heavy atom. The van der Waals surface area contributed by atoms with Gasteiger partial charge >= 0.3 is 0 Å². The Labute approximate surface area is 158 Å². The van der Waals surface area contributed by atoms with E-state index >= 15 is 0 Å². The number of nitrogens with one attached hydrogen (secondary N) is 2. The van der Waals surface area contributed by atoms with E-state index in [9.17, 15) is 0 Å². The zero-order chi connectivity index (χ0) is 15.2. The van der Waals surface area contributed by atoms with Gasteiger partial charge in [-0.05, 0) is 18.6 Å². The second-order valence-corrected chi connectivity index (χ2v) is 5.77. The smallest absolute Gasteiger partial charge is 0.191 e. The molecule has 0 saturated carbocycles. The van der Waals surface area contributed by atoms with Crippen molar-refractivity contribution < 1.29 is 0 Å². The third-order valence-electron chi connectivity index (χ3n) is 3.24. The highest BCUT2D eigenvalue weighted by atomic mass is 127. The number of guanidine groups is 1. The number of halogens is 3. The highest BCUT2D eigenvalue weighted by Crippen LogP contribution is 2.25. The third kappa shape index (κ3) is 5.48. The summed E-state index contributed by atoms with van der Waals surface area (Å²) in [6.07, 6.45) is 2.75. The molecule has 1 aromatic heterocycles. The van der Waals surface area contributed by atoms with Crippen LogP contribution in [-0.4, -0.2) is 43.7 Å². The molecule has 0 aliphatic carbocycles. The van der Waals surface area contributed by atoms with E-state index in [-0.39, 0.29) is 30.0 Å². The molecule has 5 nitrogen and oxygen atoms in total. The molecule has 1 aliphatic heterocycles. The summed E-state index contributed by atoms with van der Waals surface area (Å²) in [5.41, 5.74) is 0. The van der Waals surface area contributed by atoms with Crippen LogP contribution < -0.4 is 15.5 Å². The first-order valence-corrected chi connectivity index (χ1v) is 7.51. The van der Waals surface area contributed by atoms with Crippen molar-refractivity contribution in [3.05, 3.63) is 35.0 Å². The van der Waals surface area contributed by atoms with Gasteiger partial charge in [-0.2, -0.15) is 0 Å². The fourth-order valence-electron chi connectivity index (χ4n) is 2.25. The summed E-state index contributed by atoms with van der Waals surface area (Å²) in [6.45, 7) is 5.88. The first kappa shape index (κ1) is 19.3. The van der Waals surface area contributed by atoms with E-state index in [1.54, 1.807) is 13.2 Å². The van der Waals surface area contributed by atoms with Gasteiger partial charge in [0.25, 0.3) is 0 Å². The molecule has 2 N–H and O–H groups in total. The zero-order valence-corrected chi connectivity index (χ0v) is 16.2. The van der Waals surface area contributed by atoms with Crippen molar-refractivity contribution in [2.45, 2.75) is 12.5 Å². The zero-order valence-electron chi connectivity index (χ0n) is 12.4. The lowest BCUT2D eigenvalue weighted by molar-refractivity contribution is 0.653. The summed E-state index contributed by atoms with van der Waals surface area (Å²) in [5.74, 6) is 1.55. The highest BCUT2D eigenvalue weighted by Gasteiger charge is 2.25. The lowest BCUT2D eigenvalue weighted by Crippen LogP contribution is -2.45. The van der Waals surface area contributed by atoms with Crippen LogP contribution in [0.5, 0.6) is 0 Å². The molecule has 0 spiro atoms. The summed E-state index contributed by atoms with van der Waals surface area (Å²) in [6, 6.07) is 3.98. The molecule has 0 bridgehead atoms. The van der Waals surface area contributed by atoms with Crippen LogP contribution in [0.1, 0.15) is 6.42 Å². The van der Waals surface area contributed by atoms with Crippen LogP contribution >= 0.6 is 47.2 Å². The van der Waals surface area contributed by atoms with Gasteiger partial charge in [-0.3, -0.25) is 4.99 Å². The Morgan fingerprint density at radius 1 is 1.59 bits per heavy atom. The van der Waals surface area contributed by atoms with Crippen LogP contribution in [0, 0.1) is 0 Å². The minimum absolute atomic E-state index is 0. The first-order valence-electron chi connectivity index (χ1n) is 6.76. The minimum atomic E-state index is 0. The Balaban J connectivity index is 0.00000242. The van der Waals surface area contributed by atoms with Gasteiger partial charge in [-0.1, -0.05) is 29.8 Å². The summed E-state index contributed by atoms with van der Waals surface area (Å²) in [5, 5.41) is 7.70. The molecule has 1 saturated heterocycles. The van der Waals surface area contributed by atoms with Gasteiger partial charge in [0, 0.05) is 37.4 Å². The standard InChI is InChI=1S/C14H19Cl2N5.HI/c1-10(15)8-19-14(17-2)20-11-5-7-21(9-11)13-12(16)4-3-6-18-13;/h3-4,6,11H,1,5,7-9H2,2H3,(H2,17,19,20);1H. The van der Waals surface area contributed by atoms with Crippen LogP contribution in [0.15, 0.2) is 34.9 Å². The van der Waals surface area contributed by atoms with Crippen molar-refractivity contribution in [1.29, 1.82) is 0 Å². The molecule has 122 valence electrons. The molecule has 0 radical (unpaired) electrons. The van der Waals surface area contributed by atoms with Crippen LogP contribution in [-0.2, 0) is 0 Å². The molecule has 1 unspecified atom stereocenters. The van der Waals surface area contributed by atoms with Crippen molar-refractivity contribution >= 4 is 59.0 Å². The van der Waals surface area contributed by atoms with Crippen molar-refractivity contribution in [1.82, 2.24) is 15.6 Å². The lowest BCUT2D eigenvalue weighted by atomic mass is 10.3. The van der Waals surface area contributed by atoms with Gasteiger partial charge in [-0.15, -0.1) is 24.0 Å². The van der Waals surface area contributed by atoms with Crippen molar-refractivity contribution in [2.24, 2.45) is 4.99 Å². The van der Waals surface area contributed by atoms with Gasteiger partial charge in [0.05, 0.1) is 11.6 Å². The number of hydrogen-bond acceptors (Lipinski definition) is 3. The molecule has 1 aromatic rings. The SMILES string of the molecule is C=C(Cl)CNC(=NC)NC1CCN(c2ncccc2Cl)C1.I. The van der Waals surface area contributed by atoms with Gasteiger partial charge in [-0.25, -0.2) is 4.98 Å². The average Bonchev–Trinajstić information content (AvgIpc) is 2.92. The van der Waals surface area contributed by atoms with Crippen molar-refractivity contribution in [2.75, 3.05) is 31.6 Å². The second kappa shape index (κ2) is 9.42. The van der Waals surface area contributed by atoms with E-state index in [2.05, 4.69) is 32.1 Å². The lowest BCUT2D eigenvalue weighted by Gasteiger charge is -2.20. The molecule has 1 fully saturated rings. The molecule has 0 aromatic carbocycles. The maximum Gasteiger partial charge on any atom is 0.191 e. The number of rotatable bonds is 4. The van der Waals surface area contributed by atoms with Crippen LogP contribution in [0.2, 0.25) is 5.02 Å². The average molecular weight is 456 g/mol. The van der Waals surface area contributed by atoms with Gasteiger partial charge in [0.1, 0.15) is 5.82 Å². The summed E-state index contributed by atoms with van der Waals surface area (Å²) in [7, 11) is 1.73. The van der Waals surface area contributed by atoms with Gasteiger partial charge in [0.2, 0.25) is 0 Å².